The molecular weight excluding hydrogens is 369 g/mol. The standard InChI is InChI=1S/C16H19N3O2S.2ClH/c20-15(19-12-3-4-13(19)9-17-6-5-12)8-11-10-21-16(18-11)14-2-1-7-22-14;;/h1-2,7,10,12-13,17H,3-6,8-9H2;2*1H. The summed E-state index contributed by atoms with van der Waals surface area (Å²) in [6.07, 6.45) is 5.26. The van der Waals surface area contributed by atoms with Gasteiger partial charge in [0.15, 0.2) is 0 Å². The molecule has 4 heterocycles. The minimum atomic E-state index is 0. The van der Waals surface area contributed by atoms with E-state index in [1.165, 1.54) is 0 Å². The number of thiophene rings is 1. The number of carbonyl (C=O) groups is 1. The summed E-state index contributed by atoms with van der Waals surface area (Å²) >= 11 is 1.59. The maximum atomic E-state index is 12.7. The zero-order valence-corrected chi connectivity index (χ0v) is 15.6. The Hall–Kier alpha value is -1.08. The third-order valence-electron chi connectivity index (χ3n) is 4.56. The molecule has 132 valence electrons. The van der Waals surface area contributed by atoms with Gasteiger partial charge in [0.25, 0.3) is 0 Å². The second-order valence-corrected chi connectivity index (χ2v) is 6.92. The highest BCUT2D eigenvalue weighted by atomic mass is 35.5. The minimum Gasteiger partial charge on any atom is -0.444 e. The van der Waals surface area contributed by atoms with Crippen LogP contribution in [0.2, 0.25) is 0 Å². The lowest BCUT2D eigenvalue weighted by atomic mass is 10.1. The fourth-order valence-electron chi connectivity index (χ4n) is 3.54. The van der Waals surface area contributed by atoms with Crippen molar-refractivity contribution >= 4 is 42.1 Å². The van der Waals surface area contributed by atoms with Gasteiger partial charge in [-0.05, 0) is 37.3 Å². The summed E-state index contributed by atoms with van der Waals surface area (Å²) in [5.41, 5.74) is 0.727. The van der Waals surface area contributed by atoms with Crippen LogP contribution in [-0.2, 0) is 11.2 Å². The molecule has 2 bridgehead atoms. The van der Waals surface area contributed by atoms with Crippen LogP contribution in [0.15, 0.2) is 28.2 Å². The summed E-state index contributed by atoms with van der Waals surface area (Å²) < 4.78 is 5.51. The molecular formula is C16H21Cl2N3O2S. The van der Waals surface area contributed by atoms with Crippen molar-refractivity contribution in [3.63, 3.8) is 0 Å². The lowest BCUT2D eigenvalue weighted by molar-refractivity contribution is -0.133. The first kappa shape index (κ1) is 19.2. The molecule has 1 N–H and O–H groups in total. The van der Waals surface area contributed by atoms with Crippen molar-refractivity contribution in [2.45, 2.75) is 37.8 Å². The second kappa shape index (κ2) is 8.34. The number of oxazole rings is 1. The van der Waals surface area contributed by atoms with Gasteiger partial charge in [0, 0.05) is 18.6 Å². The van der Waals surface area contributed by atoms with Crippen LogP contribution in [0.1, 0.15) is 25.0 Å². The predicted octanol–water partition coefficient (Wildman–Crippen LogP) is 3.14. The molecule has 8 heteroatoms. The monoisotopic (exact) mass is 389 g/mol. The smallest absolute Gasteiger partial charge is 0.236 e. The van der Waals surface area contributed by atoms with E-state index in [1.54, 1.807) is 17.6 Å². The number of hydrogen-bond acceptors (Lipinski definition) is 5. The van der Waals surface area contributed by atoms with Crippen molar-refractivity contribution in [3.05, 3.63) is 29.5 Å². The first-order valence-corrected chi connectivity index (χ1v) is 8.69. The highest BCUT2D eigenvalue weighted by Gasteiger charge is 2.37. The number of nitrogens with one attached hydrogen (secondary N) is 1. The molecule has 2 aromatic rings. The molecule has 0 aromatic carbocycles. The van der Waals surface area contributed by atoms with Gasteiger partial charge in [-0.25, -0.2) is 4.98 Å². The maximum absolute atomic E-state index is 12.7. The summed E-state index contributed by atoms with van der Waals surface area (Å²) in [4.78, 5) is 20.3. The minimum absolute atomic E-state index is 0. The van der Waals surface area contributed by atoms with Crippen molar-refractivity contribution in [1.29, 1.82) is 0 Å². The number of amides is 1. The third kappa shape index (κ3) is 3.77. The first-order valence-electron chi connectivity index (χ1n) is 7.81. The Kier molecular flexibility index (Phi) is 6.69. The van der Waals surface area contributed by atoms with Crippen LogP contribution < -0.4 is 5.32 Å². The van der Waals surface area contributed by atoms with E-state index in [1.807, 2.05) is 17.5 Å². The van der Waals surface area contributed by atoms with E-state index in [-0.39, 0.29) is 30.7 Å². The van der Waals surface area contributed by atoms with Gasteiger partial charge < -0.3 is 14.6 Å². The summed E-state index contributed by atoms with van der Waals surface area (Å²) in [6, 6.07) is 4.69. The largest absolute Gasteiger partial charge is 0.444 e. The van der Waals surface area contributed by atoms with Gasteiger partial charge in [-0.2, -0.15) is 0 Å². The molecule has 1 amide bonds. The van der Waals surface area contributed by atoms with Gasteiger partial charge in [-0.15, -0.1) is 36.2 Å². The summed E-state index contributed by atoms with van der Waals surface area (Å²) in [7, 11) is 0. The van der Waals surface area contributed by atoms with Gasteiger partial charge in [-0.1, -0.05) is 6.07 Å². The number of carbonyl (C=O) groups excluding carboxylic acids is 1. The molecule has 0 saturated carbocycles. The molecule has 2 aromatic heterocycles. The van der Waals surface area contributed by atoms with Crippen molar-refractivity contribution in [1.82, 2.24) is 15.2 Å². The molecule has 2 aliphatic rings. The van der Waals surface area contributed by atoms with E-state index >= 15 is 0 Å². The lowest BCUT2D eigenvalue weighted by Crippen LogP contribution is -2.43. The van der Waals surface area contributed by atoms with Gasteiger partial charge in [0.1, 0.15) is 6.26 Å². The van der Waals surface area contributed by atoms with Crippen LogP contribution in [0, 0.1) is 0 Å². The maximum Gasteiger partial charge on any atom is 0.236 e. The molecule has 2 fully saturated rings. The van der Waals surface area contributed by atoms with Crippen LogP contribution in [0.25, 0.3) is 10.8 Å². The molecule has 0 spiro atoms. The number of fused-ring (bicyclic) bond motifs is 2. The molecule has 24 heavy (non-hydrogen) atoms. The fraction of sp³-hybridized carbons (Fsp3) is 0.500. The lowest BCUT2D eigenvalue weighted by Gasteiger charge is -2.27. The second-order valence-electron chi connectivity index (χ2n) is 5.98. The topological polar surface area (TPSA) is 58.4 Å². The molecule has 2 unspecified atom stereocenters. The molecule has 2 saturated heterocycles. The highest BCUT2D eigenvalue weighted by molar-refractivity contribution is 7.13. The third-order valence-corrected chi connectivity index (χ3v) is 5.42. The average Bonchev–Trinajstić information content (AvgIpc) is 3.18. The van der Waals surface area contributed by atoms with Crippen molar-refractivity contribution in [2.24, 2.45) is 0 Å². The number of hydrogen-bond donors (Lipinski definition) is 1. The predicted molar refractivity (Wildman–Crippen MR) is 99.2 cm³/mol. The normalized spacial score (nSPS) is 22.4. The summed E-state index contributed by atoms with van der Waals surface area (Å²) in [5.74, 6) is 0.792. The SMILES string of the molecule is Cl.Cl.O=C(Cc1coc(-c2cccs2)n1)N1C2CCNCC1CC2. The van der Waals surface area contributed by atoms with Crippen LogP contribution in [-0.4, -0.2) is 41.0 Å². The van der Waals surface area contributed by atoms with Gasteiger partial charge in [-0.3, -0.25) is 4.79 Å². The van der Waals surface area contributed by atoms with Crippen molar-refractivity contribution in [3.8, 4) is 10.8 Å². The van der Waals surface area contributed by atoms with E-state index in [9.17, 15) is 4.79 Å². The average molecular weight is 390 g/mol. The Morgan fingerprint density at radius 1 is 1.33 bits per heavy atom. The number of aromatic nitrogens is 1. The molecule has 0 radical (unpaired) electrons. The molecule has 5 nitrogen and oxygen atoms in total. The fourth-order valence-corrected chi connectivity index (χ4v) is 4.19. The summed E-state index contributed by atoms with van der Waals surface area (Å²) in [5, 5.41) is 5.42. The first-order chi connectivity index (χ1) is 10.8. The number of halogens is 2. The van der Waals surface area contributed by atoms with Crippen LogP contribution in [0.5, 0.6) is 0 Å². The zero-order chi connectivity index (χ0) is 14.9. The van der Waals surface area contributed by atoms with Gasteiger partial charge in [0.2, 0.25) is 11.8 Å². The summed E-state index contributed by atoms with van der Waals surface area (Å²) in [6.45, 7) is 1.93. The Morgan fingerprint density at radius 3 is 2.96 bits per heavy atom. The van der Waals surface area contributed by atoms with Crippen molar-refractivity contribution in [2.75, 3.05) is 13.1 Å². The molecule has 4 rings (SSSR count). The van der Waals surface area contributed by atoms with Crippen LogP contribution in [0.4, 0.5) is 0 Å². The van der Waals surface area contributed by atoms with Crippen LogP contribution >= 0.6 is 36.2 Å². The highest BCUT2D eigenvalue weighted by Crippen LogP contribution is 2.29. The van der Waals surface area contributed by atoms with E-state index in [0.717, 1.165) is 42.9 Å². The van der Waals surface area contributed by atoms with E-state index in [0.29, 0.717) is 24.4 Å². The Morgan fingerprint density at radius 2 is 2.17 bits per heavy atom. The Labute approximate surface area is 157 Å². The number of nitrogens with zero attached hydrogens (tertiary/aromatic N) is 2. The quantitative estimate of drug-likeness (QED) is 0.875. The van der Waals surface area contributed by atoms with E-state index < -0.39 is 0 Å². The van der Waals surface area contributed by atoms with Gasteiger partial charge in [0.05, 0.1) is 17.0 Å². The molecule has 2 atom stereocenters. The zero-order valence-electron chi connectivity index (χ0n) is 13.1. The molecule has 0 aliphatic carbocycles. The number of rotatable bonds is 3. The van der Waals surface area contributed by atoms with Gasteiger partial charge >= 0.3 is 0 Å². The van der Waals surface area contributed by atoms with Crippen LogP contribution in [0.3, 0.4) is 0 Å². The van der Waals surface area contributed by atoms with E-state index in [4.69, 9.17) is 4.42 Å². The van der Waals surface area contributed by atoms with E-state index in [2.05, 4.69) is 15.2 Å². The Bertz CT molecular complexity index is 648. The van der Waals surface area contributed by atoms with Crippen molar-refractivity contribution < 1.29 is 9.21 Å². The molecule has 2 aliphatic heterocycles. The Balaban J connectivity index is 0.00000104.